The van der Waals surface area contributed by atoms with E-state index in [0.717, 1.165) is 5.56 Å². The van der Waals surface area contributed by atoms with Gasteiger partial charge in [-0.25, -0.2) is 0 Å². The third-order valence-electron chi connectivity index (χ3n) is 5.11. The standard InChI is InChI=1S/C22H26N2O4/c1-16(25)23-21-20(17-9-5-3-6-10-17)24(14-13-22(21,2)27)19(26)15-28-18-11-7-4-8-12-18/h3-12,20-21,27H,13-15H2,1-2H3,(H,23,25)/t20-,21-,22+/m0/s1. The summed E-state index contributed by atoms with van der Waals surface area (Å²) in [5, 5.41) is 13.8. The Balaban J connectivity index is 1.87. The zero-order valence-electron chi connectivity index (χ0n) is 16.2. The highest BCUT2D eigenvalue weighted by Gasteiger charge is 2.47. The number of piperidine rings is 1. The number of hydrogen-bond acceptors (Lipinski definition) is 4. The molecule has 0 spiro atoms. The SMILES string of the molecule is CC(=O)N[C@H]1[C@H](c2ccccc2)N(C(=O)COc2ccccc2)CC[C@@]1(C)O. The molecule has 0 radical (unpaired) electrons. The first-order valence-corrected chi connectivity index (χ1v) is 9.40. The molecule has 3 atom stereocenters. The molecule has 2 aromatic rings. The summed E-state index contributed by atoms with van der Waals surface area (Å²) in [5.41, 5.74) is -0.280. The van der Waals surface area contributed by atoms with Gasteiger partial charge in [-0.2, -0.15) is 0 Å². The molecule has 28 heavy (non-hydrogen) atoms. The van der Waals surface area contributed by atoms with Crippen molar-refractivity contribution in [1.82, 2.24) is 10.2 Å². The van der Waals surface area contributed by atoms with Gasteiger partial charge < -0.3 is 20.1 Å². The van der Waals surface area contributed by atoms with Gasteiger partial charge in [0.15, 0.2) is 6.61 Å². The van der Waals surface area contributed by atoms with E-state index in [2.05, 4.69) is 5.32 Å². The number of carbonyl (C=O) groups excluding carboxylic acids is 2. The number of ether oxygens (including phenoxy) is 1. The van der Waals surface area contributed by atoms with Crippen molar-refractivity contribution in [3.63, 3.8) is 0 Å². The van der Waals surface area contributed by atoms with Crippen LogP contribution in [0.15, 0.2) is 60.7 Å². The van der Waals surface area contributed by atoms with Crippen molar-refractivity contribution in [2.24, 2.45) is 0 Å². The lowest BCUT2D eigenvalue weighted by molar-refractivity contribution is -0.147. The van der Waals surface area contributed by atoms with Gasteiger partial charge in [0, 0.05) is 13.5 Å². The first kappa shape index (κ1) is 19.9. The molecular formula is C22H26N2O4. The molecule has 2 N–H and O–H groups in total. The average Bonchev–Trinajstić information content (AvgIpc) is 2.68. The molecule has 2 aromatic carbocycles. The Hall–Kier alpha value is -2.86. The molecule has 0 aromatic heterocycles. The van der Waals surface area contributed by atoms with Gasteiger partial charge in [-0.05, 0) is 31.0 Å². The van der Waals surface area contributed by atoms with Crippen LogP contribution in [0.2, 0.25) is 0 Å². The average molecular weight is 382 g/mol. The van der Waals surface area contributed by atoms with Gasteiger partial charge in [0.25, 0.3) is 5.91 Å². The normalized spacial score (nSPS) is 24.5. The number of nitrogens with one attached hydrogen (secondary N) is 1. The zero-order chi connectivity index (χ0) is 20.1. The molecular weight excluding hydrogens is 356 g/mol. The van der Waals surface area contributed by atoms with Crippen molar-refractivity contribution in [2.45, 2.75) is 38.0 Å². The number of hydrogen-bond donors (Lipinski definition) is 2. The first-order chi connectivity index (χ1) is 13.4. The molecule has 3 rings (SSSR count). The Morgan fingerprint density at radius 3 is 2.36 bits per heavy atom. The Labute approximate surface area is 165 Å². The number of rotatable bonds is 5. The number of carbonyl (C=O) groups is 2. The second kappa shape index (κ2) is 8.44. The number of aliphatic hydroxyl groups is 1. The van der Waals surface area contributed by atoms with Crippen molar-refractivity contribution in [1.29, 1.82) is 0 Å². The van der Waals surface area contributed by atoms with Crippen LogP contribution < -0.4 is 10.1 Å². The van der Waals surface area contributed by atoms with Gasteiger partial charge in [-0.1, -0.05) is 48.5 Å². The zero-order valence-corrected chi connectivity index (χ0v) is 16.2. The van der Waals surface area contributed by atoms with Crippen LogP contribution in [0.25, 0.3) is 0 Å². The lowest BCUT2D eigenvalue weighted by Crippen LogP contribution is -2.63. The molecule has 1 aliphatic rings. The molecule has 0 bridgehead atoms. The predicted octanol–water partition coefficient (Wildman–Crippen LogP) is 2.29. The summed E-state index contributed by atoms with van der Waals surface area (Å²) in [6, 6.07) is 17.5. The van der Waals surface area contributed by atoms with Gasteiger partial charge in [0.2, 0.25) is 5.91 Å². The minimum atomic E-state index is -1.14. The van der Waals surface area contributed by atoms with Crippen LogP contribution in [0.3, 0.4) is 0 Å². The predicted molar refractivity (Wildman–Crippen MR) is 106 cm³/mol. The van der Waals surface area contributed by atoms with Crippen LogP contribution in [-0.2, 0) is 9.59 Å². The summed E-state index contributed by atoms with van der Waals surface area (Å²) in [4.78, 5) is 26.5. The van der Waals surface area contributed by atoms with Crippen molar-refractivity contribution in [3.8, 4) is 5.75 Å². The maximum absolute atomic E-state index is 13.0. The van der Waals surface area contributed by atoms with Gasteiger partial charge in [-0.15, -0.1) is 0 Å². The maximum Gasteiger partial charge on any atom is 0.261 e. The smallest absolute Gasteiger partial charge is 0.261 e. The molecule has 1 aliphatic heterocycles. The fourth-order valence-electron chi connectivity index (χ4n) is 3.66. The van der Waals surface area contributed by atoms with E-state index in [0.29, 0.717) is 18.7 Å². The van der Waals surface area contributed by atoms with E-state index in [1.807, 2.05) is 48.5 Å². The molecule has 148 valence electrons. The number of nitrogens with zero attached hydrogens (tertiary/aromatic N) is 1. The molecule has 1 saturated heterocycles. The minimum absolute atomic E-state index is 0.109. The van der Waals surface area contributed by atoms with Crippen molar-refractivity contribution in [2.75, 3.05) is 13.2 Å². The van der Waals surface area contributed by atoms with Gasteiger partial charge in [0.1, 0.15) is 5.75 Å². The van der Waals surface area contributed by atoms with Crippen LogP contribution in [0.1, 0.15) is 31.9 Å². The Bertz CT molecular complexity index is 808. The minimum Gasteiger partial charge on any atom is -0.484 e. The summed E-state index contributed by atoms with van der Waals surface area (Å²) >= 11 is 0. The molecule has 6 heteroatoms. The topological polar surface area (TPSA) is 78.9 Å². The number of benzene rings is 2. The Morgan fingerprint density at radius 1 is 1.14 bits per heavy atom. The Morgan fingerprint density at radius 2 is 1.75 bits per heavy atom. The van der Waals surface area contributed by atoms with Crippen LogP contribution in [0, 0.1) is 0 Å². The fourth-order valence-corrected chi connectivity index (χ4v) is 3.66. The molecule has 1 fully saturated rings. The van der Waals surface area contributed by atoms with Crippen LogP contribution in [0.4, 0.5) is 0 Å². The van der Waals surface area contributed by atoms with Crippen LogP contribution in [-0.4, -0.2) is 46.6 Å². The molecule has 2 amide bonds. The maximum atomic E-state index is 13.0. The largest absolute Gasteiger partial charge is 0.484 e. The number of amides is 2. The van der Waals surface area contributed by atoms with E-state index in [1.165, 1.54) is 6.92 Å². The summed E-state index contributed by atoms with van der Waals surface area (Å²) in [5.74, 6) is 0.180. The Kier molecular flexibility index (Phi) is 5.99. The molecule has 0 saturated carbocycles. The summed E-state index contributed by atoms with van der Waals surface area (Å²) < 4.78 is 5.63. The van der Waals surface area contributed by atoms with Crippen molar-refractivity contribution < 1.29 is 19.4 Å². The quantitative estimate of drug-likeness (QED) is 0.832. The van der Waals surface area contributed by atoms with E-state index in [9.17, 15) is 14.7 Å². The third-order valence-corrected chi connectivity index (χ3v) is 5.11. The van der Waals surface area contributed by atoms with Gasteiger partial charge in [-0.3, -0.25) is 9.59 Å². The second-order valence-corrected chi connectivity index (χ2v) is 7.33. The lowest BCUT2D eigenvalue weighted by atomic mass is 9.79. The highest BCUT2D eigenvalue weighted by atomic mass is 16.5. The molecule has 0 aliphatic carbocycles. The summed E-state index contributed by atoms with van der Waals surface area (Å²) in [6.45, 7) is 3.38. The van der Waals surface area contributed by atoms with E-state index >= 15 is 0 Å². The first-order valence-electron chi connectivity index (χ1n) is 9.40. The summed E-state index contributed by atoms with van der Waals surface area (Å²) in [6.07, 6.45) is 0.359. The van der Waals surface area contributed by atoms with Gasteiger partial charge in [0.05, 0.1) is 17.7 Å². The molecule has 6 nitrogen and oxygen atoms in total. The monoisotopic (exact) mass is 382 g/mol. The van der Waals surface area contributed by atoms with E-state index in [1.54, 1.807) is 24.0 Å². The van der Waals surface area contributed by atoms with E-state index in [-0.39, 0.29) is 18.4 Å². The fraction of sp³-hybridized carbons (Fsp3) is 0.364. The van der Waals surface area contributed by atoms with Gasteiger partial charge >= 0.3 is 0 Å². The molecule has 0 unspecified atom stereocenters. The van der Waals surface area contributed by atoms with E-state index in [4.69, 9.17) is 4.74 Å². The summed E-state index contributed by atoms with van der Waals surface area (Å²) in [7, 11) is 0. The van der Waals surface area contributed by atoms with E-state index < -0.39 is 17.7 Å². The highest BCUT2D eigenvalue weighted by molar-refractivity contribution is 5.79. The van der Waals surface area contributed by atoms with Crippen LogP contribution in [0.5, 0.6) is 5.75 Å². The number of para-hydroxylation sites is 1. The lowest BCUT2D eigenvalue weighted by Gasteiger charge is -2.49. The van der Waals surface area contributed by atoms with Crippen molar-refractivity contribution in [3.05, 3.63) is 66.2 Å². The third kappa shape index (κ3) is 4.51. The van der Waals surface area contributed by atoms with Crippen molar-refractivity contribution >= 4 is 11.8 Å². The highest BCUT2D eigenvalue weighted by Crippen LogP contribution is 2.37. The second-order valence-electron chi connectivity index (χ2n) is 7.33. The molecule has 1 heterocycles. The van der Waals surface area contributed by atoms with Crippen LogP contribution >= 0.6 is 0 Å². The number of likely N-dealkylation sites (tertiary alicyclic amines) is 1.